The fourth-order valence-corrected chi connectivity index (χ4v) is 1.49. The number of aliphatic imine (C=N–C) groups is 1. The number of phenols is 1. The van der Waals surface area contributed by atoms with E-state index < -0.39 is 0 Å². The van der Waals surface area contributed by atoms with Crippen LogP contribution in [0.5, 0.6) is 11.5 Å². The summed E-state index contributed by atoms with van der Waals surface area (Å²) in [6.45, 7) is 1.08. The van der Waals surface area contributed by atoms with Crippen molar-refractivity contribution < 1.29 is 9.84 Å². The normalized spacial score (nSPS) is 10.7. The maximum absolute atomic E-state index is 9.52. The molecule has 2 rings (SSSR count). The van der Waals surface area contributed by atoms with Crippen molar-refractivity contribution in [3.8, 4) is 11.5 Å². The summed E-state index contributed by atoms with van der Waals surface area (Å²) in [5.41, 5.74) is 0.720. The Kier molecular flexibility index (Phi) is 4.36. The van der Waals surface area contributed by atoms with Gasteiger partial charge in [-0.2, -0.15) is 0 Å². The van der Waals surface area contributed by atoms with E-state index in [1.165, 1.54) is 0 Å². The second-order valence-corrected chi connectivity index (χ2v) is 3.76. The second-order valence-electron chi connectivity index (χ2n) is 3.76. The highest BCUT2D eigenvalue weighted by atomic mass is 16.5. The third-order valence-electron chi connectivity index (χ3n) is 2.40. The molecule has 92 valence electrons. The van der Waals surface area contributed by atoms with Gasteiger partial charge in [0.15, 0.2) is 0 Å². The number of rotatable bonds is 5. The van der Waals surface area contributed by atoms with Crippen LogP contribution in [0.15, 0.2) is 59.6 Å². The third-order valence-corrected chi connectivity index (χ3v) is 2.40. The molecule has 3 heteroatoms. The van der Waals surface area contributed by atoms with E-state index in [1.54, 1.807) is 18.3 Å². The van der Waals surface area contributed by atoms with Gasteiger partial charge in [0.25, 0.3) is 0 Å². The molecule has 0 bridgehead atoms. The van der Waals surface area contributed by atoms with Gasteiger partial charge in [-0.15, -0.1) is 0 Å². The summed E-state index contributed by atoms with van der Waals surface area (Å²) in [4.78, 5) is 4.21. The van der Waals surface area contributed by atoms with Crippen molar-refractivity contribution in [1.82, 2.24) is 0 Å². The smallest absolute Gasteiger partial charge is 0.124 e. The second kappa shape index (κ2) is 6.45. The number of hydrogen-bond donors (Lipinski definition) is 1. The maximum Gasteiger partial charge on any atom is 0.124 e. The van der Waals surface area contributed by atoms with Crippen molar-refractivity contribution in [1.29, 1.82) is 0 Å². The van der Waals surface area contributed by atoms with Crippen LogP contribution in [0.3, 0.4) is 0 Å². The molecule has 2 aromatic rings. The Hall–Kier alpha value is -2.29. The van der Waals surface area contributed by atoms with Crippen LogP contribution in [-0.2, 0) is 0 Å². The Morgan fingerprint density at radius 2 is 1.72 bits per heavy atom. The number of phenolic OH excluding ortho intramolecular Hbond substituents is 1. The summed E-state index contributed by atoms with van der Waals surface area (Å²) in [5.74, 6) is 1.08. The first-order valence-corrected chi connectivity index (χ1v) is 5.82. The molecule has 2 aromatic carbocycles. The molecule has 0 atom stereocenters. The molecule has 3 nitrogen and oxygen atoms in total. The van der Waals surface area contributed by atoms with Gasteiger partial charge in [0.1, 0.15) is 18.1 Å². The van der Waals surface area contributed by atoms with Gasteiger partial charge in [-0.3, -0.25) is 4.99 Å². The van der Waals surface area contributed by atoms with Gasteiger partial charge >= 0.3 is 0 Å². The summed E-state index contributed by atoms with van der Waals surface area (Å²) < 4.78 is 5.50. The van der Waals surface area contributed by atoms with Gasteiger partial charge in [-0.25, -0.2) is 0 Å². The first-order chi connectivity index (χ1) is 8.86. The van der Waals surface area contributed by atoms with Gasteiger partial charge < -0.3 is 9.84 Å². The van der Waals surface area contributed by atoms with Gasteiger partial charge in [0.2, 0.25) is 0 Å². The van der Waals surface area contributed by atoms with Crippen LogP contribution in [0.1, 0.15) is 5.56 Å². The Balaban J connectivity index is 1.77. The lowest BCUT2D eigenvalue weighted by Crippen LogP contribution is -2.01. The highest BCUT2D eigenvalue weighted by Crippen LogP contribution is 2.12. The van der Waals surface area contributed by atoms with E-state index in [0.29, 0.717) is 13.2 Å². The average Bonchev–Trinajstić information content (AvgIpc) is 2.42. The molecule has 0 fully saturated rings. The van der Waals surface area contributed by atoms with E-state index in [1.807, 2.05) is 42.5 Å². The van der Waals surface area contributed by atoms with Crippen molar-refractivity contribution in [2.45, 2.75) is 0 Å². The predicted octanol–water partition coefficient (Wildman–Crippen LogP) is 2.89. The number of aromatic hydroxyl groups is 1. The Labute approximate surface area is 106 Å². The Bertz CT molecular complexity index is 509. The SMILES string of the molecule is Oc1ccccc1C=NCCOc1ccccc1. The maximum atomic E-state index is 9.52. The van der Waals surface area contributed by atoms with Crippen LogP contribution in [0, 0.1) is 0 Å². The zero-order valence-electron chi connectivity index (χ0n) is 9.99. The minimum absolute atomic E-state index is 0.241. The number of benzene rings is 2. The topological polar surface area (TPSA) is 41.8 Å². The molecule has 0 saturated heterocycles. The number of hydrogen-bond acceptors (Lipinski definition) is 3. The average molecular weight is 241 g/mol. The molecule has 0 amide bonds. The lowest BCUT2D eigenvalue weighted by Gasteiger charge is -2.03. The molecule has 0 radical (unpaired) electrons. The van der Waals surface area contributed by atoms with Gasteiger partial charge in [-0.05, 0) is 24.3 Å². The van der Waals surface area contributed by atoms with E-state index in [2.05, 4.69) is 4.99 Å². The predicted molar refractivity (Wildman–Crippen MR) is 72.5 cm³/mol. The van der Waals surface area contributed by atoms with Crippen molar-refractivity contribution in [2.75, 3.05) is 13.2 Å². The van der Waals surface area contributed by atoms with Crippen molar-refractivity contribution in [3.05, 3.63) is 60.2 Å². The van der Waals surface area contributed by atoms with Crippen molar-refractivity contribution in [2.24, 2.45) is 4.99 Å². The summed E-state index contributed by atoms with van der Waals surface area (Å²) in [6.07, 6.45) is 1.66. The van der Waals surface area contributed by atoms with Crippen LogP contribution in [0.25, 0.3) is 0 Å². The minimum Gasteiger partial charge on any atom is -0.507 e. The van der Waals surface area contributed by atoms with E-state index in [9.17, 15) is 5.11 Å². The fourth-order valence-electron chi connectivity index (χ4n) is 1.49. The summed E-state index contributed by atoms with van der Waals surface area (Å²) in [6, 6.07) is 16.7. The largest absolute Gasteiger partial charge is 0.507 e. The summed E-state index contributed by atoms with van der Waals surface area (Å²) in [7, 11) is 0. The Morgan fingerprint density at radius 3 is 2.50 bits per heavy atom. The zero-order chi connectivity index (χ0) is 12.6. The highest BCUT2D eigenvalue weighted by Gasteiger charge is 1.94. The number of nitrogens with zero attached hydrogens (tertiary/aromatic N) is 1. The standard InChI is InChI=1S/C15H15NO2/c17-15-9-5-4-6-13(15)12-16-10-11-18-14-7-2-1-3-8-14/h1-9,12,17H,10-11H2. The zero-order valence-corrected chi connectivity index (χ0v) is 9.99. The molecule has 0 heterocycles. The van der Waals surface area contributed by atoms with E-state index in [0.717, 1.165) is 11.3 Å². The molecule has 0 aliphatic rings. The van der Waals surface area contributed by atoms with Gasteiger partial charge in [0.05, 0.1) is 6.54 Å². The van der Waals surface area contributed by atoms with Crippen molar-refractivity contribution >= 4 is 6.21 Å². The molecular formula is C15H15NO2. The van der Waals surface area contributed by atoms with Crippen LogP contribution >= 0.6 is 0 Å². The van der Waals surface area contributed by atoms with E-state index >= 15 is 0 Å². The number of para-hydroxylation sites is 2. The van der Waals surface area contributed by atoms with Crippen LogP contribution in [0.2, 0.25) is 0 Å². The molecule has 1 N–H and O–H groups in total. The molecule has 0 aliphatic heterocycles. The third kappa shape index (κ3) is 3.63. The van der Waals surface area contributed by atoms with Crippen molar-refractivity contribution in [3.63, 3.8) is 0 Å². The lowest BCUT2D eigenvalue weighted by atomic mass is 10.2. The number of ether oxygens (including phenoxy) is 1. The van der Waals surface area contributed by atoms with Crippen LogP contribution in [-0.4, -0.2) is 24.5 Å². The molecular weight excluding hydrogens is 226 g/mol. The fraction of sp³-hybridized carbons (Fsp3) is 0.133. The van der Waals surface area contributed by atoms with Gasteiger partial charge in [-0.1, -0.05) is 30.3 Å². The minimum atomic E-state index is 0.241. The first kappa shape index (κ1) is 12.2. The highest BCUT2D eigenvalue weighted by molar-refractivity contribution is 5.83. The quantitative estimate of drug-likeness (QED) is 0.646. The monoisotopic (exact) mass is 241 g/mol. The Morgan fingerprint density at radius 1 is 1.00 bits per heavy atom. The molecule has 18 heavy (non-hydrogen) atoms. The van der Waals surface area contributed by atoms with Crippen LogP contribution < -0.4 is 4.74 Å². The lowest BCUT2D eigenvalue weighted by molar-refractivity contribution is 0.329. The summed E-state index contributed by atoms with van der Waals surface area (Å²) >= 11 is 0. The molecule has 0 aromatic heterocycles. The summed E-state index contributed by atoms with van der Waals surface area (Å²) in [5, 5.41) is 9.52. The molecule has 0 spiro atoms. The van der Waals surface area contributed by atoms with Gasteiger partial charge in [0, 0.05) is 11.8 Å². The van der Waals surface area contributed by atoms with Crippen LogP contribution in [0.4, 0.5) is 0 Å². The molecule has 0 aliphatic carbocycles. The first-order valence-electron chi connectivity index (χ1n) is 5.82. The molecule has 0 saturated carbocycles. The van der Waals surface area contributed by atoms with E-state index in [4.69, 9.17) is 4.74 Å². The van der Waals surface area contributed by atoms with E-state index in [-0.39, 0.29) is 5.75 Å². The molecule has 0 unspecified atom stereocenters.